The van der Waals surface area contributed by atoms with Crippen LogP contribution in [0.3, 0.4) is 0 Å². The predicted molar refractivity (Wildman–Crippen MR) is 75.9 cm³/mol. The smallest absolute Gasteiger partial charge is 0.255 e. The lowest BCUT2D eigenvalue weighted by atomic mass is 10.1. The molecule has 6 heteroatoms. The van der Waals surface area contributed by atoms with Crippen molar-refractivity contribution in [2.75, 3.05) is 20.2 Å². The van der Waals surface area contributed by atoms with Crippen LogP contribution in [0.25, 0.3) is 0 Å². The minimum absolute atomic E-state index is 0.0193. The van der Waals surface area contributed by atoms with Gasteiger partial charge in [0.1, 0.15) is 13.1 Å². The molecule has 0 saturated heterocycles. The standard InChI is InChI=1S/C15H17N3O3/c1-11(2)21-13-5-4-12(10-14(13)20-3)15(19)18(8-6-16)9-7-17/h4-5,10-11H,8-9H2,1-3H3. The second kappa shape index (κ2) is 7.76. The van der Waals surface area contributed by atoms with Gasteiger partial charge in [-0.2, -0.15) is 10.5 Å². The Hall–Kier alpha value is -2.73. The molecule has 0 atom stereocenters. The van der Waals surface area contributed by atoms with Crippen LogP contribution >= 0.6 is 0 Å². The van der Waals surface area contributed by atoms with Crippen molar-refractivity contribution < 1.29 is 14.3 Å². The van der Waals surface area contributed by atoms with E-state index in [2.05, 4.69) is 0 Å². The molecule has 1 rings (SSSR count). The highest BCUT2D eigenvalue weighted by molar-refractivity contribution is 5.95. The number of ether oxygens (including phenoxy) is 2. The number of carbonyl (C=O) groups excluding carboxylic acids is 1. The van der Waals surface area contributed by atoms with Crippen molar-refractivity contribution in [2.45, 2.75) is 20.0 Å². The van der Waals surface area contributed by atoms with Gasteiger partial charge in [0.05, 0.1) is 25.4 Å². The van der Waals surface area contributed by atoms with Crippen molar-refractivity contribution in [3.05, 3.63) is 23.8 Å². The molecule has 0 aliphatic heterocycles. The number of rotatable bonds is 6. The molecule has 0 aromatic heterocycles. The molecule has 21 heavy (non-hydrogen) atoms. The Bertz CT molecular complexity index is 569. The van der Waals surface area contributed by atoms with Crippen LogP contribution in [0.4, 0.5) is 0 Å². The normalized spacial score (nSPS) is 9.62. The Labute approximate surface area is 124 Å². The van der Waals surface area contributed by atoms with Gasteiger partial charge in [-0.15, -0.1) is 0 Å². The first-order valence-corrected chi connectivity index (χ1v) is 6.41. The van der Waals surface area contributed by atoms with Crippen LogP contribution < -0.4 is 9.47 Å². The van der Waals surface area contributed by atoms with Gasteiger partial charge < -0.3 is 14.4 Å². The predicted octanol–water partition coefficient (Wildman–Crippen LogP) is 1.97. The lowest BCUT2D eigenvalue weighted by molar-refractivity contribution is 0.0794. The summed E-state index contributed by atoms with van der Waals surface area (Å²) in [5.74, 6) is 0.576. The lowest BCUT2D eigenvalue weighted by Crippen LogP contribution is -2.31. The zero-order valence-corrected chi connectivity index (χ0v) is 12.3. The summed E-state index contributed by atoms with van der Waals surface area (Å²) in [6.07, 6.45) is -0.0193. The third-order valence-electron chi connectivity index (χ3n) is 2.58. The second-order valence-electron chi connectivity index (χ2n) is 4.51. The van der Waals surface area contributed by atoms with Crippen LogP contribution in [0, 0.1) is 22.7 Å². The maximum absolute atomic E-state index is 12.3. The number of nitriles is 2. The fourth-order valence-corrected chi connectivity index (χ4v) is 1.70. The Morgan fingerprint density at radius 1 is 1.24 bits per heavy atom. The van der Waals surface area contributed by atoms with Crippen LogP contribution in [0.15, 0.2) is 18.2 Å². The van der Waals surface area contributed by atoms with Gasteiger partial charge in [0.25, 0.3) is 5.91 Å². The molecule has 0 aliphatic carbocycles. The molecular weight excluding hydrogens is 270 g/mol. The highest BCUT2D eigenvalue weighted by Crippen LogP contribution is 2.29. The number of amides is 1. The molecule has 0 spiro atoms. The molecule has 0 N–H and O–H groups in total. The number of benzene rings is 1. The van der Waals surface area contributed by atoms with E-state index in [4.69, 9.17) is 20.0 Å². The van der Waals surface area contributed by atoms with Gasteiger partial charge in [0.2, 0.25) is 0 Å². The molecule has 110 valence electrons. The summed E-state index contributed by atoms with van der Waals surface area (Å²) in [6, 6.07) is 8.51. The lowest BCUT2D eigenvalue weighted by Gasteiger charge is -2.18. The van der Waals surface area contributed by atoms with E-state index in [9.17, 15) is 4.79 Å². The first kappa shape index (κ1) is 16.3. The summed E-state index contributed by atoms with van der Waals surface area (Å²) in [6.45, 7) is 3.50. The summed E-state index contributed by atoms with van der Waals surface area (Å²) in [5.41, 5.74) is 0.341. The van der Waals surface area contributed by atoms with Crippen molar-refractivity contribution >= 4 is 5.91 Å². The first-order chi connectivity index (χ1) is 10.0. The zero-order valence-electron chi connectivity index (χ0n) is 12.3. The molecule has 0 bridgehead atoms. The fraction of sp³-hybridized carbons (Fsp3) is 0.400. The van der Waals surface area contributed by atoms with Crippen molar-refractivity contribution in [1.82, 2.24) is 4.90 Å². The third kappa shape index (κ3) is 4.39. The van der Waals surface area contributed by atoms with E-state index in [1.54, 1.807) is 18.2 Å². The van der Waals surface area contributed by atoms with Crippen molar-refractivity contribution in [3.63, 3.8) is 0 Å². The van der Waals surface area contributed by atoms with Crippen LogP contribution in [0.1, 0.15) is 24.2 Å². The van der Waals surface area contributed by atoms with Crippen LogP contribution in [0.2, 0.25) is 0 Å². The number of nitrogens with zero attached hydrogens (tertiary/aromatic N) is 3. The summed E-state index contributed by atoms with van der Waals surface area (Å²) >= 11 is 0. The van der Waals surface area contributed by atoms with Crippen LogP contribution in [-0.4, -0.2) is 37.1 Å². The summed E-state index contributed by atoms with van der Waals surface area (Å²) in [7, 11) is 1.49. The molecule has 1 aromatic carbocycles. The molecule has 0 radical (unpaired) electrons. The highest BCUT2D eigenvalue weighted by atomic mass is 16.5. The molecule has 6 nitrogen and oxygen atoms in total. The van der Waals surface area contributed by atoms with Crippen molar-refractivity contribution in [1.29, 1.82) is 10.5 Å². The van der Waals surface area contributed by atoms with E-state index in [1.165, 1.54) is 7.11 Å². The molecule has 1 aromatic rings. The van der Waals surface area contributed by atoms with E-state index < -0.39 is 5.91 Å². The Kier molecular flexibility index (Phi) is 6.03. The SMILES string of the molecule is COc1cc(C(=O)N(CC#N)CC#N)ccc1OC(C)C. The molecule has 0 heterocycles. The van der Waals surface area contributed by atoms with Gasteiger partial charge in [-0.05, 0) is 32.0 Å². The summed E-state index contributed by atoms with van der Waals surface area (Å²) in [5, 5.41) is 17.4. The Morgan fingerprint density at radius 2 is 1.86 bits per heavy atom. The van der Waals surface area contributed by atoms with E-state index in [-0.39, 0.29) is 19.2 Å². The van der Waals surface area contributed by atoms with Gasteiger partial charge in [-0.25, -0.2) is 0 Å². The first-order valence-electron chi connectivity index (χ1n) is 6.41. The van der Waals surface area contributed by atoms with E-state index in [1.807, 2.05) is 26.0 Å². The van der Waals surface area contributed by atoms with Gasteiger partial charge in [0.15, 0.2) is 11.5 Å². The maximum atomic E-state index is 12.3. The largest absolute Gasteiger partial charge is 0.493 e. The molecule has 0 unspecified atom stereocenters. The third-order valence-corrected chi connectivity index (χ3v) is 2.58. The summed E-state index contributed by atoms with van der Waals surface area (Å²) < 4.78 is 10.8. The number of hydrogen-bond acceptors (Lipinski definition) is 5. The number of carbonyl (C=O) groups is 1. The monoisotopic (exact) mass is 287 g/mol. The van der Waals surface area contributed by atoms with Gasteiger partial charge in [0, 0.05) is 5.56 Å². The fourth-order valence-electron chi connectivity index (χ4n) is 1.70. The highest BCUT2D eigenvalue weighted by Gasteiger charge is 2.17. The van der Waals surface area contributed by atoms with Crippen LogP contribution in [-0.2, 0) is 0 Å². The molecule has 0 saturated carbocycles. The van der Waals surface area contributed by atoms with Crippen LogP contribution in [0.5, 0.6) is 11.5 Å². The topological polar surface area (TPSA) is 86.4 Å². The average Bonchev–Trinajstić information content (AvgIpc) is 2.46. The second-order valence-corrected chi connectivity index (χ2v) is 4.51. The van der Waals surface area contributed by atoms with Gasteiger partial charge in [-0.3, -0.25) is 4.79 Å². The molecule has 1 amide bonds. The van der Waals surface area contributed by atoms with E-state index in [0.717, 1.165) is 4.90 Å². The Morgan fingerprint density at radius 3 is 2.33 bits per heavy atom. The molecule has 0 aliphatic rings. The number of hydrogen-bond donors (Lipinski definition) is 0. The van der Waals surface area contributed by atoms with Gasteiger partial charge in [-0.1, -0.05) is 0 Å². The maximum Gasteiger partial charge on any atom is 0.255 e. The molecular formula is C15H17N3O3. The minimum atomic E-state index is -0.396. The van der Waals surface area contributed by atoms with Gasteiger partial charge >= 0.3 is 0 Å². The van der Waals surface area contributed by atoms with E-state index >= 15 is 0 Å². The zero-order chi connectivity index (χ0) is 15.8. The average molecular weight is 287 g/mol. The number of methoxy groups -OCH3 is 1. The summed E-state index contributed by atoms with van der Waals surface area (Å²) in [4.78, 5) is 13.4. The Balaban J connectivity index is 3.06. The minimum Gasteiger partial charge on any atom is -0.493 e. The van der Waals surface area contributed by atoms with Crippen molar-refractivity contribution in [3.8, 4) is 23.6 Å². The van der Waals surface area contributed by atoms with E-state index in [0.29, 0.717) is 17.1 Å². The quantitative estimate of drug-likeness (QED) is 0.746. The van der Waals surface area contributed by atoms with Crippen molar-refractivity contribution in [2.24, 2.45) is 0 Å². The molecule has 0 fully saturated rings.